The molecule has 2 saturated carbocycles. The van der Waals surface area contributed by atoms with E-state index in [1.807, 2.05) is 0 Å². The molecule has 0 aromatic rings. The van der Waals surface area contributed by atoms with E-state index in [0.29, 0.717) is 5.41 Å². The van der Waals surface area contributed by atoms with Crippen molar-refractivity contribution in [3.05, 3.63) is 0 Å². The zero-order valence-electron chi connectivity index (χ0n) is 14.5. The van der Waals surface area contributed by atoms with E-state index >= 15 is 0 Å². The van der Waals surface area contributed by atoms with Gasteiger partial charge >= 0.3 is 0 Å². The molecule has 2 aliphatic rings. The summed E-state index contributed by atoms with van der Waals surface area (Å²) in [6.45, 7) is 13.1. The summed E-state index contributed by atoms with van der Waals surface area (Å²) in [6, 6.07) is 0. The monoisotopic (exact) mass is 280 g/mol. The van der Waals surface area contributed by atoms with Crippen molar-refractivity contribution in [3.8, 4) is 0 Å². The van der Waals surface area contributed by atoms with Crippen LogP contribution in [0.15, 0.2) is 0 Å². The van der Waals surface area contributed by atoms with Gasteiger partial charge in [0.25, 0.3) is 0 Å². The first-order valence-corrected chi connectivity index (χ1v) is 8.72. The molecule has 2 heteroatoms. The summed E-state index contributed by atoms with van der Waals surface area (Å²) in [7, 11) is 2.34. The Kier molecular flexibility index (Phi) is 5.18. The van der Waals surface area contributed by atoms with Crippen molar-refractivity contribution in [2.45, 2.75) is 71.8 Å². The molecule has 0 unspecified atom stereocenters. The van der Waals surface area contributed by atoms with Crippen molar-refractivity contribution >= 4 is 0 Å². The molecule has 2 nitrogen and oxygen atoms in total. The van der Waals surface area contributed by atoms with Crippen LogP contribution in [0.25, 0.3) is 0 Å². The van der Waals surface area contributed by atoms with Gasteiger partial charge in [0.05, 0.1) is 0 Å². The van der Waals surface area contributed by atoms with Crippen molar-refractivity contribution in [3.63, 3.8) is 0 Å². The van der Waals surface area contributed by atoms with Gasteiger partial charge in [-0.3, -0.25) is 0 Å². The maximum absolute atomic E-state index is 3.79. The smallest absolute Gasteiger partial charge is 0.00967 e. The molecule has 20 heavy (non-hydrogen) atoms. The van der Waals surface area contributed by atoms with Crippen molar-refractivity contribution in [1.82, 2.24) is 10.2 Å². The van der Waals surface area contributed by atoms with Gasteiger partial charge in [-0.25, -0.2) is 0 Å². The molecule has 0 atom stereocenters. The first-order chi connectivity index (χ1) is 9.28. The van der Waals surface area contributed by atoms with Gasteiger partial charge < -0.3 is 10.2 Å². The predicted molar refractivity (Wildman–Crippen MR) is 88.0 cm³/mol. The molecule has 2 rings (SSSR count). The average Bonchev–Trinajstić information content (AvgIpc) is 3.13. The van der Waals surface area contributed by atoms with Crippen LogP contribution >= 0.6 is 0 Å². The number of nitrogens with one attached hydrogen (secondary N) is 1. The summed E-state index contributed by atoms with van der Waals surface area (Å²) in [6.07, 6.45) is 8.59. The predicted octanol–water partition coefficient (Wildman–Crippen LogP) is 3.91. The number of hydrogen-bond donors (Lipinski definition) is 1. The average molecular weight is 280 g/mol. The lowest BCUT2D eigenvalue weighted by Gasteiger charge is -2.43. The van der Waals surface area contributed by atoms with Gasteiger partial charge in [0.1, 0.15) is 0 Å². The summed E-state index contributed by atoms with van der Waals surface area (Å²) in [5.74, 6) is 1.95. The third-order valence-corrected chi connectivity index (χ3v) is 5.20. The van der Waals surface area contributed by atoms with Gasteiger partial charge in [0.2, 0.25) is 0 Å². The van der Waals surface area contributed by atoms with Crippen LogP contribution < -0.4 is 5.32 Å². The van der Waals surface area contributed by atoms with E-state index in [0.717, 1.165) is 11.8 Å². The Morgan fingerprint density at radius 3 is 2.20 bits per heavy atom. The standard InChI is InChI=1S/C18H36N2/c1-15-8-10-18(11-9-15,13-19-17(2,3)4)14-20(5)12-16-6-7-16/h15-16,19H,6-14H2,1-5H3. The first-order valence-electron chi connectivity index (χ1n) is 8.72. The molecule has 0 bridgehead atoms. The van der Waals surface area contributed by atoms with Crippen LogP contribution in [0.4, 0.5) is 0 Å². The Bertz CT molecular complexity index is 293. The molecule has 118 valence electrons. The van der Waals surface area contributed by atoms with E-state index in [-0.39, 0.29) is 5.54 Å². The largest absolute Gasteiger partial charge is 0.311 e. The highest BCUT2D eigenvalue weighted by atomic mass is 15.1. The summed E-state index contributed by atoms with van der Waals surface area (Å²) in [5, 5.41) is 3.79. The lowest BCUT2D eigenvalue weighted by atomic mass is 9.70. The van der Waals surface area contributed by atoms with Gasteiger partial charge in [-0.15, -0.1) is 0 Å². The van der Waals surface area contributed by atoms with Crippen LogP contribution in [0, 0.1) is 17.3 Å². The minimum absolute atomic E-state index is 0.241. The van der Waals surface area contributed by atoms with E-state index < -0.39 is 0 Å². The molecule has 0 aromatic heterocycles. The minimum Gasteiger partial charge on any atom is -0.311 e. The van der Waals surface area contributed by atoms with Gasteiger partial charge in [0.15, 0.2) is 0 Å². The van der Waals surface area contributed by atoms with Gasteiger partial charge in [-0.1, -0.05) is 19.8 Å². The van der Waals surface area contributed by atoms with Crippen molar-refractivity contribution < 1.29 is 0 Å². The Labute approximate surface area is 126 Å². The van der Waals surface area contributed by atoms with Crippen LogP contribution in [-0.2, 0) is 0 Å². The second-order valence-corrected chi connectivity index (χ2v) is 8.93. The molecule has 0 aromatic carbocycles. The van der Waals surface area contributed by atoms with Gasteiger partial charge in [-0.05, 0) is 70.8 Å². The fourth-order valence-electron chi connectivity index (χ4n) is 3.60. The van der Waals surface area contributed by atoms with Crippen LogP contribution in [0.2, 0.25) is 0 Å². The maximum atomic E-state index is 3.79. The summed E-state index contributed by atoms with van der Waals surface area (Å²) in [5.41, 5.74) is 0.758. The zero-order valence-corrected chi connectivity index (χ0v) is 14.5. The van der Waals surface area contributed by atoms with Crippen LogP contribution in [0.1, 0.15) is 66.2 Å². The summed E-state index contributed by atoms with van der Waals surface area (Å²) >= 11 is 0. The molecule has 1 N–H and O–H groups in total. The van der Waals surface area contributed by atoms with Gasteiger partial charge in [0, 0.05) is 25.2 Å². The third-order valence-electron chi connectivity index (χ3n) is 5.20. The lowest BCUT2D eigenvalue weighted by Crippen LogP contribution is -2.49. The Morgan fingerprint density at radius 2 is 1.70 bits per heavy atom. The molecule has 0 spiro atoms. The Morgan fingerprint density at radius 1 is 1.10 bits per heavy atom. The van der Waals surface area contributed by atoms with E-state index in [9.17, 15) is 0 Å². The first kappa shape index (κ1) is 16.3. The molecule has 0 amide bonds. The highest BCUT2D eigenvalue weighted by Gasteiger charge is 2.36. The van der Waals surface area contributed by atoms with Crippen LogP contribution in [0.3, 0.4) is 0 Å². The van der Waals surface area contributed by atoms with E-state index in [2.05, 4.69) is 45.0 Å². The second kappa shape index (κ2) is 6.36. The Balaban J connectivity index is 1.91. The van der Waals surface area contributed by atoms with E-state index in [1.165, 1.54) is 58.2 Å². The number of rotatable bonds is 6. The van der Waals surface area contributed by atoms with Crippen molar-refractivity contribution in [1.29, 1.82) is 0 Å². The molecule has 0 aliphatic heterocycles. The molecular formula is C18H36N2. The fourth-order valence-corrected chi connectivity index (χ4v) is 3.60. The quantitative estimate of drug-likeness (QED) is 0.793. The molecule has 0 heterocycles. The van der Waals surface area contributed by atoms with Crippen LogP contribution in [0.5, 0.6) is 0 Å². The highest BCUT2D eigenvalue weighted by molar-refractivity contribution is 4.91. The van der Waals surface area contributed by atoms with Crippen molar-refractivity contribution in [2.24, 2.45) is 17.3 Å². The summed E-state index contributed by atoms with van der Waals surface area (Å²) in [4.78, 5) is 2.62. The highest BCUT2D eigenvalue weighted by Crippen LogP contribution is 2.40. The number of nitrogens with zero attached hydrogens (tertiary/aromatic N) is 1. The SMILES string of the molecule is CC1CCC(CNC(C)(C)C)(CN(C)CC2CC2)CC1. The summed E-state index contributed by atoms with van der Waals surface area (Å²) < 4.78 is 0. The topological polar surface area (TPSA) is 15.3 Å². The minimum atomic E-state index is 0.241. The maximum Gasteiger partial charge on any atom is 0.00967 e. The fraction of sp³-hybridized carbons (Fsp3) is 1.00. The van der Waals surface area contributed by atoms with Crippen LogP contribution in [-0.4, -0.2) is 37.1 Å². The van der Waals surface area contributed by atoms with E-state index in [4.69, 9.17) is 0 Å². The number of hydrogen-bond acceptors (Lipinski definition) is 2. The molecular weight excluding hydrogens is 244 g/mol. The zero-order chi connectivity index (χ0) is 14.8. The Hall–Kier alpha value is -0.0800. The van der Waals surface area contributed by atoms with Crippen molar-refractivity contribution in [2.75, 3.05) is 26.7 Å². The molecule has 2 aliphatic carbocycles. The van der Waals surface area contributed by atoms with Gasteiger partial charge in [-0.2, -0.15) is 0 Å². The normalized spacial score (nSPS) is 31.8. The second-order valence-electron chi connectivity index (χ2n) is 8.93. The molecule has 0 radical (unpaired) electrons. The molecule has 0 saturated heterocycles. The lowest BCUT2D eigenvalue weighted by molar-refractivity contribution is 0.0895. The molecule has 2 fully saturated rings. The van der Waals surface area contributed by atoms with E-state index in [1.54, 1.807) is 0 Å². The third kappa shape index (κ3) is 5.37.